The van der Waals surface area contributed by atoms with E-state index in [1.807, 2.05) is 13.8 Å². The first-order valence-corrected chi connectivity index (χ1v) is 6.37. The maximum Gasteiger partial charge on any atom is 0.0511 e. The van der Waals surface area contributed by atoms with Gasteiger partial charge in [-0.05, 0) is 28.1 Å². The van der Waals surface area contributed by atoms with Crippen LogP contribution in [0.4, 0.5) is 5.69 Å². The van der Waals surface area contributed by atoms with Gasteiger partial charge in [-0.3, -0.25) is 0 Å². The Hall–Kier alpha value is -0.540. The van der Waals surface area contributed by atoms with Crippen molar-refractivity contribution in [3.63, 3.8) is 0 Å². The molecule has 0 atom stereocenters. The molecule has 0 amide bonds. The highest BCUT2D eigenvalue weighted by Gasteiger charge is 2.11. The van der Waals surface area contributed by atoms with Crippen molar-refractivity contribution < 1.29 is 0 Å². The molecule has 0 spiro atoms. The SMILES string of the molecule is Brc1ccccc1N1CCNCC1.CC. The molecule has 2 nitrogen and oxygen atoms in total. The lowest BCUT2D eigenvalue weighted by molar-refractivity contribution is 0.588. The van der Waals surface area contributed by atoms with E-state index < -0.39 is 0 Å². The molecule has 0 aromatic heterocycles. The summed E-state index contributed by atoms with van der Waals surface area (Å²) in [5, 5.41) is 3.35. The highest BCUT2D eigenvalue weighted by Crippen LogP contribution is 2.25. The van der Waals surface area contributed by atoms with E-state index in [0.29, 0.717) is 0 Å². The van der Waals surface area contributed by atoms with Crippen molar-refractivity contribution in [2.24, 2.45) is 0 Å². The van der Waals surface area contributed by atoms with Crippen LogP contribution < -0.4 is 10.2 Å². The number of para-hydroxylation sites is 1. The number of anilines is 1. The van der Waals surface area contributed by atoms with E-state index in [1.165, 1.54) is 10.2 Å². The molecule has 0 saturated carbocycles. The van der Waals surface area contributed by atoms with Gasteiger partial charge in [0.05, 0.1) is 5.69 Å². The van der Waals surface area contributed by atoms with E-state index in [4.69, 9.17) is 0 Å². The second kappa shape index (κ2) is 6.85. The third-order valence-electron chi connectivity index (χ3n) is 2.31. The minimum atomic E-state index is 1.08. The van der Waals surface area contributed by atoms with Crippen LogP contribution in [0.3, 0.4) is 0 Å². The second-order valence-electron chi connectivity index (χ2n) is 3.19. The van der Waals surface area contributed by atoms with Crippen molar-refractivity contribution in [3.8, 4) is 0 Å². The molecular weight excluding hydrogens is 252 g/mol. The molecule has 0 bridgehead atoms. The summed E-state index contributed by atoms with van der Waals surface area (Å²) in [7, 11) is 0. The summed E-state index contributed by atoms with van der Waals surface area (Å²) in [6.45, 7) is 8.37. The topological polar surface area (TPSA) is 15.3 Å². The highest BCUT2D eigenvalue weighted by atomic mass is 79.9. The first kappa shape index (κ1) is 12.5. The Labute approximate surface area is 101 Å². The normalized spacial score (nSPS) is 15.5. The van der Waals surface area contributed by atoms with Gasteiger partial charge in [0.1, 0.15) is 0 Å². The Morgan fingerprint density at radius 2 is 1.73 bits per heavy atom. The average molecular weight is 271 g/mol. The van der Waals surface area contributed by atoms with Crippen LogP contribution in [-0.2, 0) is 0 Å². The summed E-state index contributed by atoms with van der Waals surface area (Å²) in [6.07, 6.45) is 0. The van der Waals surface area contributed by atoms with Gasteiger partial charge in [0.15, 0.2) is 0 Å². The Morgan fingerprint density at radius 1 is 1.13 bits per heavy atom. The highest BCUT2D eigenvalue weighted by molar-refractivity contribution is 9.10. The van der Waals surface area contributed by atoms with E-state index in [9.17, 15) is 0 Å². The van der Waals surface area contributed by atoms with Crippen molar-refractivity contribution in [1.82, 2.24) is 5.32 Å². The first-order chi connectivity index (χ1) is 7.38. The molecule has 84 valence electrons. The van der Waals surface area contributed by atoms with Gasteiger partial charge in [-0.15, -0.1) is 0 Å². The van der Waals surface area contributed by atoms with E-state index in [1.54, 1.807) is 0 Å². The lowest BCUT2D eigenvalue weighted by Crippen LogP contribution is -2.43. The Bertz CT molecular complexity index is 283. The third-order valence-corrected chi connectivity index (χ3v) is 2.98. The van der Waals surface area contributed by atoms with Gasteiger partial charge in [-0.1, -0.05) is 26.0 Å². The molecule has 3 heteroatoms. The van der Waals surface area contributed by atoms with Crippen LogP contribution in [-0.4, -0.2) is 26.2 Å². The van der Waals surface area contributed by atoms with Crippen LogP contribution in [0.2, 0.25) is 0 Å². The van der Waals surface area contributed by atoms with E-state index in [2.05, 4.69) is 50.4 Å². The number of hydrogen-bond donors (Lipinski definition) is 1. The fourth-order valence-electron chi connectivity index (χ4n) is 1.61. The monoisotopic (exact) mass is 270 g/mol. The largest absolute Gasteiger partial charge is 0.368 e. The van der Waals surface area contributed by atoms with Crippen LogP contribution in [0, 0.1) is 0 Å². The molecule has 15 heavy (non-hydrogen) atoms. The predicted molar refractivity (Wildman–Crippen MR) is 70.6 cm³/mol. The molecule has 0 radical (unpaired) electrons. The van der Waals surface area contributed by atoms with Crippen LogP contribution in [0.25, 0.3) is 0 Å². The van der Waals surface area contributed by atoms with E-state index in [-0.39, 0.29) is 0 Å². The number of nitrogens with one attached hydrogen (secondary N) is 1. The number of nitrogens with zero attached hydrogens (tertiary/aromatic N) is 1. The van der Waals surface area contributed by atoms with Crippen molar-refractivity contribution in [2.75, 3.05) is 31.1 Å². The Kier molecular flexibility index (Phi) is 5.73. The average Bonchev–Trinajstić information content (AvgIpc) is 2.33. The maximum atomic E-state index is 3.57. The minimum absolute atomic E-state index is 1.08. The van der Waals surface area contributed by atoms with Crippen molar-refractivity contribution >= 4 is 21.6 Å². The molecule has 1 aromatic rings. The maximum absolute atomic E-state index is 3.57. The number of hydrogen-bond acceptors (Lipinski definition) is 2. The number of rotatable bonds is 1. The first-order valence-electron chi connectivity index (χ1n) is 5.58. The molecule has 0 unspecified atom stereocenters. The molecular formula is C12H19BrN2. The van der Waals surface area contributed by atoms with Crippen LogP contribution in [0.1, 0.15) is 13.8 Å². The molecule has 2 rings (SSSR count). The lowest BCUT2D eigenvalue weighted by atomic mass is 10.2. The van der Waals surface area contributed by atoms with Gasteiger partial charge < -0.3 is 10.2 Å². The second-order valence-corrected chi connectivity index (χ2v) is 4.04. The van der Waals surface area contributed by atoms with Crippen LogP contribution in [0.5, 0.6) is 0 Å². The summed E-state index contributed by atoms with van der Waals surface area (Å²) >= 11 is 3.57. The Morgan fingerprint density at radius 3 is 2.33 bits per heavy atom. The lowest BCUT2D eigenvalue weighted by Gasteiger charge is -2.30. The summed E-state index contributed by atoms with van der Waals surface area (Å²) in [5.74, 6) is 0. The number of benzene rings is 1. The van der Waals surface area contributed by atoms with Crippen molar-refractivity contribution in [3.05, 3.63) is 28.7 Å². The van der Waals surface area contributed by atoms with Gasteiger partial charge in [0.2, 0.25) is 0 Å². The molecule has 1 fully saturated rings. The van der Waals surface area contributed by atoms with Crippen molar-refractivity contribution in [1.29, 1.82) is 0 Å². The summed E-state index contributed by atoms with van der Waals surface area (Å²) in [5.41, 5.74) is 1.31. The van der Waals surface area contributed by atoms with Gasteiger partial charge >= 0.3 is 0 Å². The van der Waals surface area contributed by atoms with Gasteiger partial charge in [-0.2, -0.15) is 0 Å². The zero-order valence-electron chi connectivity index (χ0n) is 9.46. The van der Waals surface area contributed by atoms with Crippen LogP contribution >= 0.6 is 15.9 Å². The Balaban J connectivity index is 0.000000531. The molecule has 1 saturated heterocycles. The fourth-order valence-corrected chi connectivity index (χ4v) is 2.15. The summed E-state index contributed by atoms with van der Waals surface area (Å²) in [4.78, 5) is 2.40. The van der Waals surface area contributed by atoms with Gasteiger partial charge in [-0.25, -0.2) is 0 Å². The number of halogens is 1. The molecule has 1 aliphatic rings. The van der Waals surface area contributed by atoms with Crippen molar-refractivity contribution in [2.45, 2.75) is 13.8 Å². The smallest absolute Gasteiger partial charge is 0.0511 e. The number of piperazine rings is 1. The molecule has 1 heterocycles. The van der Waals surface area contributed by atoms with E-state index in [0.717, 1.165) is 26.2 Å². The molecule has 1 aliphatic heterocycles. The minimum Gasteiger partial charge on any atom is -0.368 e. The third kappa shape index (κ3) is 3.50. The molecule has 1 aromatic carbocycles. The predicted octanol–water partition coefficient (Wildman–Crippen LogP) is 2.88. The standard InChI is InChI=1S/C10H13BrN2.C2H6/c11-9-3-1-2-4-10(9)13-7-5-12-6-8-13;1-2/h1-4,12H,5-8H2;1-2H3. The summed E-state index contributed by atoms with van der Waals surface area (Å²) in [6, 6.07) is 8.39. The quantitative estimate of drug-likeness (QED) is 0.845. The molecule has 1 N–H and O–H groups in total. The molecule has 0 aliphatic carbocycles. The van der Waals surface area contributed by atoms with Gasteiger partial charge in [0, 0.05) is 30.7 Å². The van der Waals surface area contributed by atoms with E-state index >= 15 is 0 Å². The zero-order chi connectivity index (χ0) is 11.1. The zero-order valence-corrected chi connectivity index (χ0v) is 11.0. The van der Waals surface area contributed by atoms with Crippen LogP contribution in [0.15, 0.2) is 28.7 Å². The van der Waals surface area contributed by atoms with Gasteiger partial charge in [0.25, 0.3) is 0 Å². The fraction of sp³-hybridized carbons (Fsp3) is 0.500. The summed E-state index contributed by atoms with van der Waals surface area (Å²) < 4.78 is 1.19.